The smallest absolute Gasteiger partial charge is 0.220 e. The van der Waals surface area contributed by atoms with E-state index < -0.39 is 0 Å². The minimum absolute atomic E-state index is 0.0605. The van der Waals surface area contributed by atoms with Crippen LogP contribution in [0.15, 0.2) is 0 Å². The molecule has 0 aliphatic heterocycles. The number of aromatic nitrogens is 4. The summed E-state index contributed by atoms with van der Waals surface area (Å²) < 4.78 is 0. The Morgan fingerprint density at radius 1 is 1.24 bits per heavy atom. The van der Waals surface area contributed by atoms with Crippen LogP contribution in [0.3, 0.4) is 0 Å². The fourth-order valence-corrected chi connectivity index (χ4v) is 1.59. The molecule has 0 aliphatic carbocycles. The predicted octanol–water partition coefficient (Wildman–Crippen LogP) is 1.57. The number of aromatic amines is 1. The first-order valence-corrected chi connectivity index (χ1v) is 6.32. The van der Waals surface area contributed by atoms with Crippen LogP contribution in [0.25, 0.3) is 0 Å². The number of unbranched alkanes of at least 4 members (excludes halogenated alkanes) is 5. The summed E-state index contributed by atoms with van der Waals surface area (Å²) in [5, 5.41) is 16.0. The monoisotopic (exact) mass is 239 g/mol. The number of H-pyrrole nitrogens is 1. The molecule has 0 atom stereocenters. The van der Waals surface area contributed by atoms with Crippen molar-refractivity contribution in [3.63, 3.8) is 0 Å². The Morgan fingerprint density at radius 2 is 2.00 bits per heavy atom. The first kappa shape index (κ1) is 13.6. The van der Waals surface area contributed by atoms with E-state index in [1.165, 1.54) is 25.7 Å². The van der Waals surface area contributed by atoms with Crippen LogP contribution in [0.5, 0.6) is 0 Å². The number of nitrogens with one attached hydrogen (secondary N) is 2. The molecule has 1 rings (SSSR count). The molecule has 0 aromatic carbocycles. The Morgan fingerprint density at radius 3 is 2.71 bits per heavy atom. The topological polar surface area (TPSA) is 83.6 Å². The van der Waals surface area contributed by atoms with Gasteiger partial charge in [-0.15, -0.1) is 10.2 Å². The van der Waals surface area contributed by atoms with Gasteiger partial charge in [-0.25, -0.2) is 0 Å². The highest BCUT2D eigenvalue weighted by Crippen LogP contribution is 2.06. The van der Waals surface area contributed by atoms with E-state index in [9.17, 15) is 4.79 Å². The second kappa shape index (κ2) is 8.66. The molecular formula is C11H21N5O. The molecule has 0 saturated heterocycles. The zero-order chi connectivity index (χ0) is 12.3. The van der Waals surface area contributed by atoms with Gasteiger partial charge in [0.15, 0.2) is 5.82 Å². The number of hydrogen-bond donors (Lipinski definition) is 2. The molecule has 1 amide bonds. The Bertz CT molecular complexity index is 299. The predicted molar refractivity (Wildman–Crippen MR) is 64.0 cm³/mol. The standard InChI is InChI=1S/C11H21N5O/c1-2-3-4-5-6-7-8-11(17)12-9-10-13-15-16-14-10/h2-9H2,1H3,(H,12,17)(H,13,14,15,16). The largest absolute Gasteiger partial charge is 0.349 e. The van der Waals surface area contributed by atoms with E-state index in [0.29, 0.717) is 18.8 Å². The number of rotatable bonds is 9. The molecule has 0 fully saturated rings. The first-order chi connectivity index (χ1) is 8.33. The lowest BCUT2D eigenvalue weighted by Gasteiger charge is -2.02. The summed E-state index contributed by atoms with van der Waals surface area (Å²) in [5.41, 5.74) is 0. The van der Waals surface area contributed by atoms with Gasteiger partial charge in [-0.1, -0.05) is 44.2 Å². The van der Waals surface area contributed by atoms with Gasteiger partial charge in [0, 0.05) is 6.42 Å². The van der Waals surface area contributed by atoms with Gasteiger partial charge in [-0.2, -0.15) is 5.21 Å². The van der Waals surface area contributed by atoms with E-state index in [2.05, 4.69) is 32.9 Å². The van der Waals surface area contributed by atoms with Crippen LogP contribution in [0.4, 0.5) is 0 Å². The Kier molecular flexibility index (Phi) is 6.93. The summed E-state index contributed by atoms with van der Waals surface area (Å²) in [4.78, 5) is 11.4. The zero-order valence-corrected chi connectivity index (χ0v) is 10.4. The SMILES string of the molecule is CCCCCCCCC(=O)NCc1nn[nH]n1. The maximum absolute atomic E-state index is 11.4. The van der Waals surface area contributed by atoms with Gasteiger partial charge in [0.2, 0.25) is 5.91 Å². The van der Waals surface area contributed by atoms with Gasteiger partial charge in [0.25, 0.3) is 0 Å². The van der Waals surface area contributed by atoms with Crippen molar-refractivity contribution in [2.75, 3.05) is 0 Å². The van der Waals surface area contributed by atoms with Crippen LogP contribution in [-0.4, -0.2) is 26.5 Å². The average molecular weight is 239 g/mol. The number of tetrazole rings is 1. The highest BCUT2D eigenvalue weighted by atomic mass is 16.1. The molecule has 96 valence electrons. The number of hydrogen-bond acceptors (Lipinski definition) is 4. The van der Waals surface area contributed by atoms with Crippen molar-refractivity contribution < 1.29 is 4.79 Å². The molecule has 2 N–H and O–H groups in total. The van der Waals surface area contributed by atoms with Crippen molar-refractivity contribution in [3.8, 4) is 0 Å². The van der Waals surface area contributed by atoms with Crippen molar-refractivity contribution >= 4 is 5.91 Å². The lowest BCUT2D eigenvalue weighted by atomic mass is 10.1. The summed E-state index contributed by atoms with van der Waals surface area (Å²) in [6, 6.07) is 0. The normalized spacial score (nSPS) is 10.4. The summed E-state index contributed by atoms with van der Waals surface area (Å²) in [5.74, 6) is 0.576. The van der Waals surface area contributed by atoms with Crippen molar-refractivity contribution in [3.05, 3.63) is 5.82 Å². The lowest BCUT2D eigenvalue weighted by molar-refractivity contribution is -0.121. The molecule has 1 heterocycles. The van der Waals surface area contributed by atoms with Crippen molar-refractivity contribution in [2.45, 2.75) is 58.4 Å². The molecular weight excluding hydrogens is 218 g/mol. The molecule has 6 nitrogen and oxygen atoms in total. The Hall–Kier alpha value is -1.46. The van der Waals surface area contributed by atoms with Crippen molar-refractivity contribution in [1.82, 2.24) is 25.9 Å². The van der Waals surface area contributed by atoms with Crippen LogP contribution in [0, 0.1) is 0 Å². The van der Waals surface area contributed by atoms with Gasteiger partial charge in [0.1, 0.15) is 0 Å². The maximum atomic E-state index is 11.4. The molecule has 0 saturated carbocycles. The maximum Gasteiger partial charge on any atom is 0.220 e. The van der Waals surface area contributed by atoms with E-state index in [1.54, 1.807) is 0 Å². The zero-order valence-electron chi connectivity index (χ0n) is 10.4. The van der Waals surface area contributed by atoms with Crippen LogP contribution in [-0.2, 0) is 11.3 Å². The first-order valence-electron chi connectivity index (χ1n) is 6.32. The quantitative estimate of drug-likeness (QED) is 0.641. The molecule has 1 aromatic rings. The van der Waals surface area contributed by atoms with E-state index >= 15 is 0 Å². The molecule has 0 unspecified atom stereocenters. The molecule has 0 aliphatic rings. The van der Waals surface area contributed by atoms with Crippen LogP contribution in [0.1, 0.15) is 57.7 Å². The van der Waals surface area contributed by atoms with Crippen molar-refractivity contribution in [2.24, 2.45) is 0 Å². The molecule has 0 radical (unpaired) electrons. The van der Waals surface area contributed by atoms with Crippen LogP contribution < -0.4 is 5.32 Å². The third kappa shape index (κ3) is 6.65. The van der Waals surface area contributed by atoms with E-state index in [-0.39, 0.29) is 5.91 Å². The number of nitrogens with zero attached hydrogens (tertiary/aromatic N) is 3. The van der Waals surface area contributed by atoms with E-state index in [1.807, 2.05) is 0 Å². The van der Waals surface area contributed by atoms with Gasteiger partial charge in [-0.05, 0) is 6.42 Å². The fourth-order valence-electron chi connectivity index (χ4n) is 1.59. The third-order valence-electron chi connectivity index (χ3n) is 2.59. The minimum Gasteiger partial charge on any atom is -0.349 e. The molecule has 1 aromatic heterocycles. The fraction of sp³-hybridized carbons (Fsp3) is 0.818. The second-order valence-corrected chi connectivity index (χ2v) is 4.12. The summed E-state index contributed by atoms with van der Waals surface area (Å²) >= 11 is 0. The number of carbonyl (C=O) groups excluding carboxylic acids is 1. The average Bonchev–Trinajstić information content (AvgIpc) is 2.84. The minimum atomic E-state index is 0.0605. The molecule has 0 bridgehead atoms. The number of carbonyl (C=O) groups is 1. The van der Waals surface area contributed by atoms with E-state index in [4.69, 9.17) is 0 Å². The van der Waals surface area contributed by atoms with Crippen LogP contribution in [0.2, 0.25) is 0 Å². The molecule has 0 spiro atoms. The lowest BCUT2D eigenvalue weighted by Crippen LogP contribution is -2.23. The number of amides is 1. The van der Waals surface area contributed by atoms with E-state index in [0.717, 1.165) is 12.8 Å². The highest BCUT2D eigenvalue weighted by molar-refractivity contribution is 5.75. The van der Waals surface area contributed by atoms with Gasteiger partial charge in [-0.3, -0.25) is 4.79 Å². The summed E-state index contributed by atoms with van der Waals surface area (Å²) in [7, 11) is 0. The summed E-state index contributed by atoms with van der Waals surface area (Å²) in [6.07, 6.45) is 7.74. The van der Waals surface area contributed by atoms with Gasteiger partial charge < -0.3 is 5.32 Å². The second-order valence-electron chi connectivity index (χ2n) is 4.12. The van der Waals surface area contributed by atoms with Crippen LogP contribution >= 0.6 is 0 Å². The van der Waals surface area contributed by atoms with Gasteiger partial charge >= 0.3 is 0 Å². The van der Waals surface area contributed by atoms with Gasteiger partial charge in [0.05, 0.1) is 6.54 Å². The molecule has 6 heteroatoms. The third-order valence-corrected chi connectivity index (χ3v) is 2.59. The molecule has 17 heavy (non-hydrogen) atoms. The highest BCUT2D eigenvalue weighted by Gasteiger charge is 2.03. The Balaban J connectivity index is 1.94. The van der Waals surface area contributed by atoms with Crippen molar-refractivity contribution in [1.29, 1.82) is 0 Å². The Labute approximate surface area is 102 Å². The summed E-state index contributed by atoms with van der Waals surface area (Å²) in [6.45, 7) is 2.55.